The smallest absolute Gasteiger partial charge is 0.123 e. The third-order valence-electron chi connectivity index (χ3n) is 3.01. The normalized spacial score (nSPS) is 10.5. The number of anilines is 2. The van der Waals surface area contributed by atoms with Crippen molar-refractivity contribution >= 4 is 27.3 Å². The summed E-state index contributed by atoms with van der Waals surface area (Å²) in [7, 11) is 0. The van der Waals surface area contributed by atoms with E-state index in [2.05, 4.69) is 27.8 Å². The summed E-state index contributed by atoms with van der Waals surface area (Å²) < 4.78 is 13.8. The van der Waals surface area contributed by atoms with Crippen LogP contribution in [-0.4, -0.2) is 6.54 Å². The highest BCUT2D eigenvalue weighted by Gasteiger charge is 2.06. The Morgan fingerprint density at radius 1 is 1.16 bits per heavy atom. The van der Waals surface area contributed by atoms with Gasteiger partial charge in [0.2, 0.25) is 0 Å². The standard InChI is InChI=1S/C15H16BrFN2/c1-2-19(13-6-4-12(17)5-7-13)10-11-3-8-14(16)15(18)9-11/h3-9H,2,10,18H2,1H3. The molecule has 0 aliphatic carbocycles. The van der Waals surface area contributed by atoms with Crippen molar-refractivity contribution in [2.24, 2.45) is 0 Å². The van der Waals surface area contributed by atoms with Crippen LogP contribution in [-0.2, 0) is 6.54 Å². The summed E-state index contributed by atoms with van der Waals surface area (Å²) in [4.78, 5) is 2.17. The molecule has 0 radical (unpaired) electrons. The molecule has 0 aromatic heterocycles. The number of halogens is 2. The first-order valence-corrected chi connectivity index (χ1v) is 6.94. The van der Waals surface area contributed by atoms with E-state index in [1.54, 1.807) is 12.1 Å². The van der Waals surface area contributed by atoms with Crippen LogP contribution in [0.1, 0.15) is 12.5 Å². The van der Waals surface area contributed by atoms with Crippen molar-refractivity contribution in [3.63, 3.8) is 0 Å². The number of hydrogen-bond acceptors (Lipinski definition) is 2. The van der Waals surface area contributed by atoms with Gasteiger partial charge in [0, 0.05) is 28.9 Å². The number of nitrogens with two attached hydrogens (primary N) is 1. The van der Waals surface area contributed by atoms with Gasteiger partial charge >= 0.3 is 0 Å². The molecule has 0 aliphatic rings. The largest absolute Gasteiger partial charge is 0.398 e. The molecule has 0 saturated heterocycles. The van der Waals surface area contributed by atoms with Crippen LogP contribution in [0.5, 0.6) is 0 Å². The van der Waals surface area contributed by atoms with Gasteiger partial charge in [-0.15, -0.1) is 0 Å². The second-order valence-corrected chi connectivity index (χ2v) is 5.20. The molecule has 0 spiro atoms. The van der Waals surface area contributed by atoms with E-state index in [4.69, 9.17) is 5.73 Å². The van der Waals surface area contributed by atoms with Crippen molar-refractivity contribution in [3.05, 3.63) is 58.3 Å². The van der Waals surface area contributed by atoms with Crippen molar-refractivity contribution < 1.29 is 4.39 Å². The summed E-state index contributed by atoms with van der Waals surface area (Å²) in [5.74, 6) is -0.215. The van der Waals surface area contributed by atoms with Gasteiger partial charge in [0.25, 0.3) is 0 Å². The second kappa shape index (κ2) is 6.06. The molecule has 19 heavy (non-hydrogen) atoms. The predicted octanol–water partition coefficient (Wildman–Crippen LogP) is 4.20. The van der Waals surface area contributed by atoms with E-state index in [1.807, 2.05) is 18.2 Å². The molecule has 2 aromatic rings. The first-order valence-electron chi connectivity index (χ1n) is 6.14. The van der Waals surface area contributed by atoms with Gasteiger partial charge in [0.05, 0.1) is 0 Å². The van der Waals surface area contributed by atoms with Crippen LogP contribution in [0.2, 0.25) is 0 Å². The van der Waals surface area contributed by atoms with Gasteiger partial charge in [-0.25, -0.2) is 4.39 Å². The van der Waals surface area contributed by atoms with Gasteiger partial charge in [0.15, 0.2) is 0 Å². The Bertz CT molecular complexity index is 555. The molecule has 0 atom stereocenters. The number of rotatable bonds is 4. The Balaban J connectivity index is 2.18. The summed E-state index contributed by atoms with van der Waals surface area (Å²) in [6.45, 7) is 3.67. The minimum Gasteiger partial charge on any atom is -0.398 e. The highest BCUT2D eigenvalue weighted by atomic mass is 79.9. The molecular formula is C15H16BrFN2. The first-order chi connectivity index (χ1) is 9.10. The quantitative estimate of drug-likeness (QED) is 0.855. The molecular weight excluding hydrogens is 307 g/mol. The van der Waals surface area contributed by atoms with Gasteiger partial charge in [-0.3, -0.25) is 0 Å². The van der Waals surface area contributed by atoms with Gasteiger partial charge < -0.3 is 10.6 Å². The SMILES string of the molecule is CCN(Cc1ccc(Br)c(N)c1)c1ccc(F)cc1. The molecule has 0 unspecified atom stereocenters. The number of nitrogens with zero attached hydrogens (tertiary/aromatic N) is 1. The van der Waals surface area contributed by atoms with Crippen molar-refractivity contribution in [1.82, 2.24) is 0 Å². The fourth-order valence-corrected chi connectivity index (χ4v) is 2.20. The molecule has 2 rings (SSSR count). The number of benzene rings is 2. The molecule has 0 heterocycles. The highest BCUT2D eigenvalue weighted by molar-refractivity contribution is 9.10. The predicted molar refractivity (Wildman–Crippen MR) is 81.7 cm³/mol. The lowest BCUT2D eigenvalue weighted by Gasteiger charge is -2.23. The molecule has 0 bridgehead atoms. The molecule has 0 saturated carbocycles. The van der Waals surface area contributed by atoms with Crippen molar-refractivity contribution in [1.29, 1.82) is 0 Å². The van der Waals surface area contributed by atoms with Crippen molar-refractivity contribution in [2.45, 2.75) is 13.5 Å². The lowest BCUT2D eigenvalue weighted by atomic mass is 10.1. The molecule has 2 nitrogen and oxygen atoms in total. The van der Waals surface area contributed by atoms with Crippen LogP contribution in [0.25, 0.3) is 0 Å². The summed E-state index contributed by atoms with van der Waals surface area (Å²) in [5.41, 5.74) is 8.75. The molecule has 0 aliphatic heterocycles. The molecule has 2 N–H and O–H groups in total. The molecule has 4 heteroatoms. The Hall–Kier alpha value is -1.55. The van der Waals surface area contributed by atoms with Crippen molar-refractivity contribution in [2.75, 3.05) is 17.2 Å². The Labute approximate surface area is 121 Å². The fraction of sp³-hybridized carbons (Fsp3) is 0.200. The van der Waals surface area contributed by atoms with E-state index in [0.29, 0.717) is 0 Å². The van der Waals surface area contributed by atoms with Crippen LogP contribution >= 0.6 is 15.9 Å². The topological polar surface area (TPSA) is 29.3 Å². The maximum atomic E-state index is 12.9. The summed E-state index contributed by atoms with van der Waals surface area (Å²) >= 11 is 3.39. The number of hydrogen-bond donors (Lipinski definition) is 1. The molecule has 100 valence electrons. The number of nitrogen functional groups attached to an aromatic ring is 1. The Morgan fingerprint density at radius 3 is 2.42 bits per heavy atom. The third-order valence-corrected chi connectivity index (χ3v) is 3.73. The molecule has 2 aromatic carbocycles. The van der Waals surface area contributed by atoms with Crippen molar-refractivity contribution in [3.8, 4) is 0 Å². The Morgan fingerprint density at radius 2 is 1.84 bits per heavy atom. The molecule has 0 fully saturated rings. The van der Waals surface area contributed by atoms with Crippen LogP contribution in [0, 0.1) is 5.82 Å². The van der Waals surface area contributed by atoms with Gasteiger partial charge in [0.1, 0.15) is 5.82 Å². The van der Waals surface area contributed by atoms with E-state index >= 15 is 0 Å². The lowest BCUT2D eigenvalue weighted by molar-refractivity contribution is 0.627. The third kappa shape index (κ3) is 3.47. The zero-order valence-corrected chi connectivity index (χ0v) is 12.3. The average molecular weight is 323 g/mol. The molecule has 0 amide bonds. The monoisotopic (exact) mass is 322 g/mol. The van der Waals surface area contributed by atoms with Gasteiger partial charge in [-0.1, -0.05) is 6.07 Å². The van der Waals surface area contributed by atoms with E-state index in [-0.39, 0.29) is 5.82 Å². The summed E-state index contributed by atoms with van der Waals surface area (Å²) in [6, 6.07) is 12.5. The average Bonchev–Trinajstić information content (AvgIpc) is 2.41. The summed E-state index contributed by atoms with van der Waals surface area (Å²) in [5, 5.41) is 0. The van der Waals surface area contributed by atoms with E-state index in [1.165, 1.54) is 12.1 Å². The minimum absolute atomic E-state index is 0.215. The van der Waals surface area contributed by atoms with Crippen LogP contribution in [0.15, 0.2) is 46.9 Å². The maximum Gasteiger partial charge on any atom is 0.123 e. The van der Waals surface area contributed by atoms with E-state index in [0.717, 1.165) is 34.5 Å². The minimum atomic E-state index is -0.215. The zero-order chi connectivity index (χ0) is 13.8. The highest BCUT2D eigenvalue weighted by Crippen LogP contribution is 2.23. The lowest BCUT2D eigenvalue weighted by Crippen LogP contribution is -2.21. The van der Waals surface area contributed by atoms with E-state index < -0.39 is 0 Å². The zero-order valence-electron chi connectivity index (χ0n) is 10.7. The first kappa shape index (κ1) is 13.9. The second-order valence-electron chi connectivity index (χ2n) is 4.35. The van der Waals surface area contributed by atoms with Crippen LogP contribution in [0.4, 0.5) is 15.8 Å². The van der Waals surface area contributed by atoms with Crippen LogP contribution < -0.4 is 10.6 Å². The Kier molecular flexibility index (Phi) is 4.43. The van der Waals surface area contributed by atoms with Gasteiger partial charge in [-0.2, -0.15) is 0 Å². The van der Waals surface area contributed by atoms with E-state index in [9.17, 15) is 4.39 Å². The summed E-state index contributed by atoms with van der Waals surface area (Å²) in [6.07, 6.45) is 0. The van der Waals surface area contributed by atoms with Gasteiger partial charge in [-0.05, 0) is 64.8 Å². The fourth-order valence-electron chi connectivity index (χ4n) is 1.95. The van der Waals surface area contributed by atoms with Crippen LogP contribution in [0.3, 0.4) is 0 Å². The maximum absolute atomic E-state index is 12.9.